The molecule has 0 aromatic heterocycles. The van der Waals surface area contributed by atoms with Crippen LogP contribution in [0.3, 0.4) is 0 Å². The van der Waals surface area contributed by atoms with E-state index in [4.69, 9.17) is 0 Å². The molecule has 2 unspecified atom stereocenters. The van der Waals surface area contributed by atoms with Gasteiger partial charge >= 0.3 is 0 Å². The number of carbonyl (C=O) groups excluding carboxylic acids is 1. The van der Waals surface area contributed by atoms with E-state index in [1.165, 1.54) is 11.1 Å². The Hall–Kier alpha value is -0.810. The SMILES string of the molecule is Cc1ccc(C(CNC(=O)C(C)C2CNC2)N(C)C)cc1.Cl.Cl. The molecule has 23 heavy (non-hydrogen) atoms. The maximum atomic E-state index is 12.2. The lowest BCUT2D eigenvalue weighted by Crippen LogP contribution is -2.50. The number of aryl methyl sites for hydroxylation is 1. The maximum absolute atomic E-state index is 12.2. The van der Waals surface area contributed by atoms with Crippen molar-refractivity contribution in [3.05, 3.63) is 35.4 Å². The quantitative estimate of drug-likeness (QED) is 0.817. The third-order valence-corrected chi connectivity index (χ3v) is 4.49. The van der Waals surface area contributed by atoms with E-state index < -0.39 is 0 Å². The van der Waals surface area contributed by atoms with Crippen molar-refractivity contribution in [1.82, 2.24) is 15.5 Å². The van der Waals surface area contributed by atoms with Crippen LogP contribution in [0.5, 0.6) is 0 Å². The van der Waals surface area contributed by atoms with Gasteiger partial charge in [0.05, 0.1) is 6.04 Å². The Bertz CT molecular complexity index is 475. The molecule has 1 aromatic carbocycles. The third-order valence-electron chi connectivity index (χ3n) is 4.49. The highest BCUT2D eigenvalue weighted by molar-refractivity contribution is 5.85. The number of nitrogens with one attached hydrogen (secondary N) is 2. The van der Waals surface area contributed by atoms with Crippen LogP contribution < -0.4 is 10.6 Å². The third kappa shape index (κ3) is 5.96. The van der Waals surface area contributed by atoms with Crippen molar-refractivity contribution in [2.24, 2.45) is 11.8 Å². The fourth-order valence-electron chi connectivity index (χ4n) is 2.62. The fraction of sp³-hybridized carbons (Fsp3) is 0.588. The Balaban J connectivity index is 0.00000242. The molecule has 2 rings (SSSR count). The molecule has 4 nitrogen and oxygen atoms in total. The molecule has 1 heterocycles. The molecule has 0 spiro atoms. The molecule has 0 bridgehead atoms. The average molecular weight is 362 g/mol. The number of carbonyl (C=O) groups is 1. The standard InChI is InChI=1S/C17H27N3O.2ClH/c1-12-5-7-14(8-6-12)16(20(3)4)11-19-17(21)13(2)15-9-18-10-15;;/h5-8,13,15-16,18H,9-11H2,1-4H3,(H,19,21);2*1H. The van der Waals surface area contributed by atoms with E-state index in [9.17, 15) is 4.79 Å². The molecule has 2 N–H and O–H groups in total. The van der Waals surface area contributed by atoms with Crippen LogP contribution in [-0.2, 0) is 4.79 Å². The van der Waals surface area contributed by atoms with Crippen LogP contribution >= 0.6 is 24.8 Å². The zero-order chi connectivity index (χ0) is 15.4. The van der Waals surface area contributed by atoms with E-state index in [0.29, 0.717) is 12.5 Å². The Kier molecular flexibility index (Phi) is 9.78. The van der Waals surface area contributed by atoms with Gasteiger partial charge in [-0.05, 0) is 45.6 Å². The second-order valence-corrected chi connectivity index (χ2v) is 6.34. The molecule has 0 aliphatic carbocycles. The van der Waals surface area contributed by atoms with Gasteiger partial charge in [0, 0.05) is 12.5 Å². The average Bonchev–Trinajstić information content (AvgIpc) is 2.38. The van der Waals surface area contributed by atoms with Crippen LogP contribution in [0.1, 0.15) is 24.1 Å². The Labute approximate surface area is 152 Å². The normalized spacial score (nSPS) is 16.6. The van der Waals surface area contributed by atoms with E-state index in [0.717, 1.165) is 13.1 Å². The van der Waals surface area contributed by atoms with Gasteiger partial charge in [0.15, 0.2) is 0 Å². The Morgan fingerprint density at radius 1 is 1.26 bits per heavy atom. The minimum atomic E-state index is 0. The van der Waals surface area contributed by atoms with Gasteiger partial charge in [0.1, 0.15) is 0 Å². The predicted molar refractivity (Wildman–Crippen MR) is 101 cm³/mol. The minimum absolute atomic E-state index is 0. The number of rotatable bonds is 6. The summed E-state index contributed by atoms with van der Waals surface area (Å²) in [5, 5.41) is 6.34. The molecule has 1 amide bonds. The highest BCUT2D eigenvalue weighted by Crippen LogP contribution is 2.19. The number of halogens is 2. The van der Waals surface area contributed by atoms with E-state index in [1.54, 1.807) is 0 Å². The Morgan fingerprint density at radius 3 is 2.26 bits per heavy atom. The first-order valence-corrected chi connectivity index (χ1v) is 7.70. The van der Waals surface area contributed by atoms with Gasteiger partial charge in [-0.1, -0.05) is 36.8 Å². The first kappa shape index (κ1) is 22.2. The van der Waals surface area contributed by atoms with Crippen LogP contribution in [0.25, 0.3) is 0 Å². The number of hydrogen-bond acceptors (Lipinski definition) is 3. The molecule has 0 radical (unpaired) electrons. The smallest absolute Gasteiger partial charge is 0.223 e. The minimum Gasteiger partial charge on any atom is -0.354 e. The molecule has 0 saturated carbocycles. The highest BCUT2D eigenvalue weighted by Gasteiger charge is 2.29. The number of amides is 1. The summed E-state index contributed by atoms with van der Waals surface area (Å²) in [5.41, 5.74) is 2.50. The van der Waals surface area contributed by atoms with Gasteiger partial charge in [-0.25, -0.2) is 0 Å². The summed E-state index contributed by atoms with van der Waals surface area (Å²) >= 11 is 0. The van der Waals surface area contributed by atoms with E-state index in [-0.39, 0.29) is 42.7 Å². The molecule has 1 aliphatic heterocycles. The van der Waals surface area contributed by atoms with E-state index in [1.807, 2.05) is 6.92 Å². The molecule has 6 heteroatoms. The maximum Gasteiger partial charge on any atom is 0.223 e. The first-order valence-electron chi connectivity index (χ1n) is 7.70. The van der Waals surface area contributed by atoms with Gasteiger partial charge in [-0.15, -0.1) is 24.8 Å². The summed E-state index contributed by atoms with van der Waals surface area (Å²) in [5.74, 6) is 0.745. The summed E-state index contributed by atoms with van der Waals surface area (Å²) in [6, 6.07) is 8.74. The van der Waals surface area contributed by atoms with Crippen molar-refractivity contribution in [2.75, 3.05) is 33.7 Å². The van der Waals surface area contributed by atoms with Gasteiger partial charge in [-0.2, -0.15) is 0 Å². The van der Waals surface area contributed by atoms with Crippen molar-refractivity contribution < 1.29 is 4.79 Å². The summed E-state index contributed by atoms with van der Waals surface area (Å²) < 4.78 is 0. The number of hydrogen-bond donors (Lipinski definition) is 2. The van der Waals surface area contributed by atoms with Crippen LogP contribution in [-0.4, -0.2) is 44.5 Å². The molecule has 1 saturated heterocycles. The van der Waals surface area contributed by atoms with Gasteiger partial charge in [0.25, 0.3) is 0 Å². The molecule has 1 fully saturated rings. The molecular formula is C17H29Cl2N3O. The van der Waals surface area contributed by atoms with Gasteiger partial charge < -0.3 is 15.5 Å². The molecule has 2 atom stereocenters. The van der Waals surface area contributed by atoms with Crippen molar-refractivity contribution in [1.29, 1.82) is 0 Å². The number of likely N-dealkylation sites (N-methyl/N-ethyl adjacent to an activating group) is 1. The van der Waals surface area contributed by atoms with Crippen molar-refractivity contribution in [2.45, 2.75) is 19.9 Å². The van der Waals surface area contributed by atoms with Crippen LogP contribution in [0.2, 0.25) is 0 Å². The molecule has 1 aromatic rings. The first-order chi connectivity index (χ1) is 9.99. The topological polar surface area (TPSA) is 44.4 Å². The summed E-state index contributed by atoms with van der Waals surface area (Å²) in [6.45, 7) is 6.69. The summed E-state index contributed by atoms with van der Waals surface area (Å²) in [6.07, 6.45) is 0. The molecule has 1 aliphatic rings. The van der Waals surface area contributed by atoms with E-state index >= 15 is 0 Å². The van der Waals surface area contributed by atoms with Crippen molar-refractivity contribution >= 4 is 30.7 Å². The second kappa shape index (κ2) is 10.1. The summed E-state index contributed by atoms with van der Waals surface area (Å²) in [4.78, 5) is 14.4. The lowest BCUT2D eigenvalue weighted by atomic mass is 9.88. The van der Waals surface area contributed by atoms with Gasteiger partial charge in [-0.3, -0.25) is 4.79 Å². The zero-order valence-corrected chi connectivity index (χ0v) is 16.0. The lowest BCUT2D eigenvalue weighted by molar-refractivity contribution is -0.126. The fourth-order valence-corrected chi connectivity index (χ4v) is 2.62. The number of benzene rings is 1. The van der Waals surface area contributed by atoms with Crippen molar-refractivity contribution in [3.63, 3.8) is 0 Å². The number of nitrogens with zero attached hydrogens (tertiary/aromatic N) is 1. The van der Waals surface area contributed by atoms with Crippen LogP contribution in [0.15, 0.2) is 24.3 Å². The monoisotopic (exact) mass is 361 g/mol. The van der Waals surface area contributed by atoms with Crippen LogP contribution in [0, 0.1) is 18.8 Å². The lowest BCUT2D eigenvalue weighted by Gasteiger charge is -2.32. The molecular weight excluding hydrogens is 333 g/mol. The Morgan fingerprint density at radius 2 is 1.83 bits per heavy atom. The van der Waals surface area contributed by atoms with Crippen LogP contribution in [0.4, 0.5) is 0 Å². The highest BCUT2D eigenvalue weighted by atomic mass is 35.5. The molecule has 132 valence electrons. The predicted octanol–water partition coefficient (Wildman–Crippen LogP) is 2.41. The summed E-state index contributed by atoms with van der Waals surface area (Å²) in [7, 11) is 4.10. The second-order valence-electron chi connectivity index (χ2n) is 6.34. The van der Waals surface area contributed by atoms with Crippen molar-refractivity contribution in [3.8, 4) is 0 Å². The zero-order valence-electron chi connectivity index (χ0n) is 14.3. The van der Waals surface area contributed by atoms with E-state index in [2.05, 4.69) is 60.8 Å². The largest absolute Gasteiger partial charge is 0.354 e. The van der Waals surface area contributed by atoms with Gasteiger partial charge in [0.2, 0.25) is 5.91 Å².